The molecule has 0 radical (unpaired) electrons. The maximum absolute atomic E-state index is 11.6. The number of rotatable bonds is 4. The van der Waals surface area contributed by atoms with Gasteiger partial charge in [-0.25, -0.2) is 0 Å². The Balaban J connectivity index is 1.57. The highest BCUT2D eigenvalue weighted by atomic mass is 16.5. The first kappa shape index (κ1) is 14.8. The molecule has 0 unspecified atom stereocenters. The molecule has 1 aliphatic heterocycles. The predicted octanol–water partition coefficient (Wildman–Crippen LogP) is 2.30. The van der Waals surface area contributed by atoms with Crippen molar-refractivity contribution in [3.8, 4) is 11.3 Å². The molecule has 2 heterocycles. The van der Waals surface area contributed by atoms with Crippen LogP contribution in [0.2, 0.25) is 0 Å². The van der Waals surface area contributed by atoms with Gasteiger partial charge in [0.05, 0.1) is 6.54 Å². The van der Waals surface area contributed by atoms with E-state index in [0.717, 1.165) is 49.5 Å². The highest BCUT2D eigenvalue weighted by Crippen LogP contribution is 2.22. The first-order chi connectivity index (χ1) is 10.8. The molecule has 0 saturated carbocycles. The molecule has 0 spiro atoms. The molecule has 1 saturated heterocycles. The van der Waals surface area contributed by atoms with Crippen LogP contribution in [0, 0.1) is 5.92 Å². The molecule has 22 heavy (non-hydrogen) atoms. The highest BCUT2D eigenvalue weighted by Gasteiger charge is 2.24. The lowest BCUT2D eigenvalue weighted by atomic mass is 9.96. The molecule has 116 valence electrons. The van der Waals surface area contributed by atoms with Crippen LogP contribution >= 0.6 is 0 Å². The predicted molar refractivity (Wildman–Crippen MR) is 84.0 cm³/mol. The summed E-state index contributed by atoms with van der Waals surface area (Å²) < 4.78 is 5.45. The smallest absolute Gasteiger partial charge is 0.222 e. The van der Waals surface area contributed by atoms with E-state index < -0.39 is 0 Å². The summed E-state index contributed by atoms with van der Waals surface area (Å²) in [6, 6.07) is 12.0. The summed E-state index contributed by atoms with van der Waals surface area (Å²) in [5.74, 6) is 1.18. The van der Waals surface area contributed by atoms with Gasteiger partial charge in [-0.15, -0.1) is 0 Å². The molecule has 0 aliphatic carbocycles. The van der Waals surface area contributed by atoms with Gasteiger partial charge in [0.2, 0.25) is 5.91 Å². The average Bonchev–Trinajstić information content (AvgIpc) is 3.04. The molecule has 1 amide bonds. The van der Waals surface area contributed by atoms with Crippen LogP contribution in [0.5, 0.6) is 0 Å². The molecule has 1 fully saturated rings. The lowest BCUT2D eigenvalue weighted by molar-refractivity contribution is -0.125. The Labute approximate surface area is 130 Å². The van der Waals surface area contributed by atoms with Gasteiger partial charge in [-0.2, -0.15) is 0 Å². The van der Waals surface area contributed by atoms with Crippen LogP contribution in [0.15, 0.2) is 40.9 Å². The van der Waals surface area contributed by atoms with E-state index in [9.17, 15) is 4.79 Å². The monoisotopic (exact) mass is 299 g/mol. The van der Waals surface area contributed by atoms with Gasteiger partial charge in [0.1, 0.15) is 5.69 Å². The number of hydrogen-bond acceptors (Lipinski definition) is 4. The third kappa shape index (κ3) is 3.36. The number of aromatic nitrogens is 1. The Hall–Kier alpha value is -2.14. The third-order valence-electron chi connectivity index (χ3n) is 4.21. The summed E-state index contributed by atoms with van der Waals surface area (Å²) in [5, 5.41) is 6.88. The van der Waals surface area contributed by atoms with Crippen molar-refractivity contribution in [2.75, 3.05) is 20.1 Å². The summed E-state index contributed by atoms with van der Waals surface area (Å²) in [6.45, 7) is 2.58. The van der Waals surface area contributed by atoms with Crippen LogP contribution in [-0.4, -0.2) is 36.1 Å². The minimum Gasteiger partial charge on any atom is -0.359 e. The summed E-state index contributed by atoms with van der Waals surface area (Å²) in [5.41, 5.74) is 1.94. The van der Waals surface area contributed by atoms with Gasteiger partial charge in [0.15, 0.2) is 5.76 Å². The number of hydrogen-bond donors (Lipinski definition) is 1. The van der Waals surface area contributed by atoms with E-state index in [4.69, 9.17) is 4.52 Å². The van der Waals surface area contributed by atoms with Crippen molar-refractivity contribution in [3.05, 3.63) is 42.2 Å². The molecular weight excluding hydrogens is 278 g/mol. The summed E-state index contributed by atoms with van der Waals surface area (Å²) in [4.78, 5) is 13.9. The Bertz CT molecular complexity index is 616. The van der Waals surface area contributed by atoms with Crippen molar-refractivity contribution in [1.29, 1.82) is 0 Å². The second-order valence-electron chi connectivity index (χ2n) is 5.71. The zero-order valence-electron chi connectivity index (χ0n) is 12.8. The quantitative estimate of drug-likeness (QED) is 0.941. The number of nitrogens with zero attached hydrogens (tertiary/aromatic N) is 2. The van der Waals surface area contributed by atoms with E-state index in [1.807, 2.05) is 36.4 Å². The number of amides is 1. The van der Waals surface area contributed by atoms with E-state index in [-0.39, 0.29) is 11.8 Å². The Morgan fingerprint density at radius 2 is 2.05 bits per heavy atom. The Morgan fingerprint density at radius 1 is 1.32 bits per heavy atom. The van der Waals surface area contributed by atoms with Gasteiger partial charge in [0.25, 0.3) is 0 Å². The molecule has 1 N–H and O–H groups in total. The van der Waals surface area contributed by atoms with Crippen molar-refractivity contribution >= 4 is 5.91 Å². The van der Waals surface area contributed by atoms with E-state index in [2.05, 4.69) is 15.4 Å². The van der Waals surface area contributed by atoms with Gasteiger partial charge < -0.3 is 9.84 Å². The summed E-state index contributed by atoms with van der Waals surface area (Å²) in [6.07, 6.45) is 1.80. The first-order valence-electron chi connectivity index (χ1n) is 7.71. The van der Waals surface area contributed by atoms with E-state index in [1.165, 1.54) is 0 Å². The van der Waals surface area contributed by atoms with E-state index in [1.54, 1.807) is 7.05 Å². The van der Waals surface area contributed by atoms with Crippen molar-refractivity contribution in [3.63, 3.8) is 0 Å². The Kier molecular flexibility index (Phi) is 4.53. The second-order valence-corrected chi connectivity index (χ2v) is 5.71. The fourth-order valence-electron chi connectivity index (χ4n) is 2.91. The van der Waals surface area contributed by atoms with Gasteiger partial charge in [-0.3, -0.25) is 9.69 Å². The molecular formula is C17H21N3O2. The number of benzene rings is 1. The van der Waals surface area contributed by atoms with Crippen LogP contribution in [-0.2, 0) is 11.3 Å². The number of carbonyl (C=O) groups is 1. The molecule has 0 atom stereocenters. The van der Waals surface area contributed by atoms with Crippen molar-refractivity contribution in [2.24, 2.45) is 5.92 Å². The van der Waals surface area contributed by atoms with Crippen LogP contribution in [0.1, 0.15) is 18.6 Å². The molecule has 1 aromatic heterocycles. The number of piperidine rings is 1. The molecule has 1 aliphatic rings. The molecule has 5 heteroatoms. The minimum atomic E-state index is 0.149. The fourth-order valence-corrected chi connectivity index (χ4v) is 2.91. The molecule has 5 nitrogen and oxygen atoms in total. The molecule has 0 bridgehead atoms. The van der Waals surface area contributed by atoms with Crippen LogP contribution in [0.3, 0.4) is 0 Å². The average molecular weight is 299 g/mol. The number of nitrogens with one attached hydrogen (secondary N) is 1. The topological polar surface area (TPSA) is 58.4 Å². The second kappa shape index (κ2) is 6.75. The highest BCUT2D eigenvalue weighted by molar-refractivity contribution is 5.78. The zero-order valence-corrected chi connectivity index (χ0v) is 12.8. The lowest BCUT2D eigenvalue weighted by Gasteiger charge is -2.30. The normalized spacial score (nSPS) is 16.6. The SMILES string of the molecule is CNC(=O)C1CCN(Cc2cc(-c3ccccc3)no2)CC1. The zero-order chi connectivity index (χ0) is 15.4. The Morgan fingerprint density at radius 3 is 2.73 bits per heavy atom. The maximum Gasteiger partial charge on any atom is 0.222 e. The maximum atomic E-state index is 11.6. The van der Waals surface area contributed by atoms with Crippen LogP contribution < -0.4 is 5.32 Å². The molecule has 1 aromatic carbocycles. The van der Waals surface area contributed by atoms with Gasteiger partial charge >= 0.3 is 0 Å². The summed E-state index contributed by atoms with van der Waals surface area (Å²) in [7, 11) is 1.70. The largest absolute Gasteiger partial charge is 0.359 e. The number of likely N-dealkylation sites (tertiary alicyclic amines) is 1. The van der Waals surface area contributed by atoms with E-state index in [0.29, 0.717) is 0 Å². The van der Waals surface area contributed by atoms with Gasteiger partial charge in [0, 0.05) is 24.6 Å². The standard InChI is InChI=1S/C17H21N3O2/c1-18-17(21)14-7-9-20(10-8-14)12-15-11-16(19-22-15)13-5-3-2-4-6-13/h2-6,11,14H,7-10,12H2,1H3,(H,18,21). The first-order valence-corrected chi connectivity index (χ1v) is 7.71. The lowest BCUT2D eigenvalue weighted by Crippen LogP contribution is -2.39. The molecule has 3 rings (SSSR count). The summed E-state index contributed by atoms with van der Waals surface area (Å²) >= 11 is 0. The van der Waals surface area contributed by atoms with Crippen molar-refractivity contribution in [2.45, 2.75) is 19.4 Å². The third-order valence-corrected chi connectivity index (χ3v) is 4.21. The van der Waals surface area contributed by atoms with Gasteiger partial charge in [-0.1, -0.05) is 35.5 Å². The van der Waals surface area contributed by atoms with Crippen molar-refractivity contribution < 1.29 is 9.32 Å². The fraction of sp³-hybridized carbons (Fsp3) is 0.412. The number of carbonyl (C=O) groups excluding carboxylic acids is 1. The molecule has 2 aromatic rings. The minimum absolute atomic E-state index is 0.149. The van der Waals surface area contributed by atoms with E-state index >= 15 is 0 Å². The van der Waals surface area contributed by atoms with Gasteiger partial charge in [-0.05, 0) is 25.9 Å². The van der Waals surface area contributed by atoms with Crippen LogP contribution in [0.25, 0.3) is 11.3 Å². The van der Waals surface area contributed by atoms with Crippen LogP contribution in [0.4, 0.5) is 0 Å². The van der Waals surface area contributed by atoms with Crippen molar-refractivity contribution in [1.82, 2.24) is 15.4 Å².